The fourth-order valence-corrected chi connectivity index (χ4v) is 5.09. The van der Waals surface area contributed by atoms with Gasteiger partial charge in [-0.05, 0) is 50.8 Å². The van der Waals surface area contributed by atoms with Gasteiger partial charge in [-0.15, -0.1) is 0 Å². The van der Waals surface area contributed by atoms with E-state index in [4.69, 9.17) is 10.1 Å². The fourth-order valence-electron chi connectivity index (χ4n) is 4.16. The summed E-state index contributed by atoms with van der Waals surface area (Å²) in [7, 11) is 0. The fraction of sp³-hybridized carbons (Fsp3) is 0.348. The smallest absolute Gasteiger partial charge is 0.183 e. The summed E-state index contributed by atoms with van der Waals surface area (Å²) in [5, 5.41) is 13.8. The van der Waals surface area contributed by atoms with Gasteiger partial charge in [-0.1, -0.05) is 35.6 Å². The molecular formula is C23H26N6S. The third kappa shape index (κ3) is 3.54. The number of anilines is 1. The number of benzene rings is 1. The third-order valence-corrected chi connectivity index (χ3v) is 6.98. The molecule has 0 radical (unpaired) electrons. The number of thiazole rings is 1. The molecule has 0 fully saturated rings. The van der Waals surface area contributed by atoms with E-state index < -0.39 is 0 Å². The third-order valence-electron chi connectivity index (χ3n) is 5.84. The number of rotatable bonds is 6. The minimum Gasteiger partial charge on any atom is -0.357 e. The van der Waals surface area contributed by atoms with Gasteiger partial charge in [-0.3, -0.25) is 9.36 Å². The highest BCUT2D eigenvalue weighted by molar-refractivity contribution is 7.19. The first-order chi connectivity index (χ1) is 14.6. The number of fused-ring (bicyclic) bond motifs is 1. The van der Waals surface area contributed by atoms with E-state index in [0.29, 0.717) is 6.04 Å². The van der Waals surface area contributed by atoms with E-state index in [2.05, 4.69) is 78.6 Å². The van der Waals surface area contributed by atoms with Crippen LogP contribution >= 0.6 is 11.3 Å². The lowest BCUT2D eigenvalue weighted by Crippen LogP contribution is -2.09. The quantitative estimate of drug-likeness (QED) is 0.489. The van der Waals surface area contributed by atoms with Gasteiger partial charge in [0.25, 0.3) is 0 Å². The lowest BCUT2D eigenvalue weighted by molar-refractivity contribution is 0.476. The molecule has 0 bridgehead atoms. The highest BCUT2D eigenvalue weighted by Gasteiger charge is 2.23. The van der Waals surface area contributed by atoms with Crippen molar-refractivity contribution in [3.63, 3.8) is 0 Å². The van der Waals surface area contributed by atoms with Crippen molar-refractivity contribution in [1.82, 2.24) is 24.5 Å². The standard InChI is InChI=1S/C23H26N6S/c1-4-28-14-19(15(2)26-28)13-24-23-25-16(3)22(30-23)21-9-10-29(27-21)20-11-17-7-5-6-8-18(17)12-20/h5-10,14,20H,4,11-13H2,1-3H3,(H,24,25). The van der Waals surface area contributed by atoms with Crippen LogP contribution in [0.3, 0.4) is 0 Å². The molecule has 3 heterocycles. The van der Waals surface area contributed by atoms with Gasteiger partial charge in [0.1, 0.15) is 5.69 Å². The van der Waals surface area contributed by atoms with Crippen molar-refractivity contribution in [1.29, 1.82) is 0 Å². The van der Waals surface area contributed by atoms with E-state index in [9.17, 15) is 0 Å². The monoisotopic (exact) mass is 418 g/mol. The van der Waals surface area contributed by atoms with Crippen LogP contribution in [0.2, 0.25) is 0 Å². The Labute approximate surface area is 180 Å². The molecule has 154 valence electrons. The molecule has 0 unspecified atom stereocenters. The Morgan fingerprint density at radius 3 is 2.53 bits per heavy atom. The first-order valence-corrected chi connectivity index (χ1v) is 11.3. The van der Waals surface area contributed by atoms with Crippen LogP contribution in [0.15, 0.2) is 42.7 Å². The molecule has 0 atom stereocenters. The number of hydrogen-bond acceptors (Lipinski definition) is 5. The van der Waals surface area contributed by atoms with Crippen molar-refractivity contribution in [2.45, 2.75) is 52.7 Å². The molecule has 1 N–H and O–H groups in total. The first kappa shape index (κ1) is 19.1. The lowest BCUT2D eigenvalue weighted by atomic mass is 10.1. The largest absolute Gasteiger partial charge is 0.357 e. The van der Waals surface area contributed by atoms with Crippen molar-refractivity contribution in [2.24, 2.45) is 0 Å². The van der Waals surface area contributed by atoms with Crippen molar-refractivity contribution in [3.8, 4) is 10.6 Å². The van der Waals surface area contributed by atoms with E-state index in [1.165, 1.54) is 16.7 Å². The van der Waals surface area contributed by atoms with Gasteiger partial charge >= 0.3 is 0 Å². The molecule has 5 rings (SSSR count). The molecule has 4 aromatic rings. The van der Waals surface area contributed by atoms with E-state index in [-0.39, 0.29) is 0 Å². The summed E-state index contributed by atoms with van der Waals surface area (Å²) in [5.74, 6) is 0. The second kappa shape index (κ2) is 7.72. The van der Waals surface area contributed by atoms with Crippen molar-refractivity contribution < 1.29 is 0 Å². The first-order valence-electron chi connectivity index (χ1n) is 10.5. The van der Waals surface area contributed by atoms with Gasteiger partial charge in [0, 0.05) is 31.0 Å². The van der Waals surface area contributed by atoms with Crippen LogP contribution in [-0.2, 0) is 25.9 Å². The molecule has 30 heavy (non-hydrogen) atoms. The minimum atomic E-state index is 0.403. The Morgan fingerprint density at radius 2 is 1.83 bits per heavy atom. The highest BCUT2D eigenvalue weighted by Crippen LogP contribution is 2.34. The predicted octanol–water partition coefficient (Wildman–Crippen LogP) is 4.79. The molecule has 3 aromatic heterocycles. The highest BCUT2D eigenvalue weighted by atomic mass is 32.1. The molecule has 7 heteroatoms. The summed E-state index contributed by atoms with van der Waals surface area (Å²) in [6.07, 6.45) is 6.32. The second-order valence-electron chi connectivity index (χ2n) is 7.89. The summed E-state index contributed by atoms with van der Waals surface area (Å²) in [4.78, 5) is 5.86. The van der Waals surface area contributed by atoms with Crippen molar-refractivity contribution >= 4 is 16.5 Å². The summed E-state index contributed by atoms with van der Waals surface area (Å²) < 4.78 is 4.10. The van der Waals surface area contributed by atoms with Gasteiger partial charge in [-0.2, -0.15) is 10.2 Å². The lowest BCUT2D eigenvalue weighted by Gasteiger charge is -2.09. The zero-order valence-corrected chi connectivity index (χ0v) is 18.4. The molecule has 6 nitrogen and oxygen atoms in total. The van der Waals surface area contributed by atoms with E-state index >= 15 is 0 Å². The van der Waals surface area contributed by atoms with Gasteiger partial charge in [0.05, 0.1) is 22.3 Å². The molecule has 0 aliphatic heterocycles. The number of nitrogens with one attached hydrogen (secondary N) is 1. The maximum atomic E-state index is 4.91. The van der Waals surface area contributed by atoms with Crippen LogP contribution in [0, 0.1) is 13.8 Å². The van der Waals surface area contributed by atoms with Crippen molar-refractivity contribution in [2.75, 3.05) is 5.32 Å². The summed E-state index contributed by atoms with van der Waals surface area (Å²) in [6.45, 7) is 7.82. The molecule has 1 aliphatic carbocycles. The SMILES string of the molecule is CCn1cc(CNc2nc(C)c(-c3ccn(C4Cc5ccccc5C4)n3)s2)c(C)n1. The number of hydrogen-bond donors (Lipinski definition) is 1. The number of aromatic nitrogens is 5. The Balaban J connectivity index is 1.30. The predicted molar refractivity (Wildman–Crippen MR) is 121 cm³/mol. The van der Waals surface area contributed by atoms with Crippen LogP contribution in [0.5, 0.6) is 0 Å². The van der Waals surface area contributed by atoms with Crippen LogP contribution in [0.25, 0.3) is 10.6 Å². The minimum absolute atomic E-state index is 0.403. The molecular weight excluding hydrogens is 392 g/mol. The summed E-state index contributed by atoms with van der Waals surface area (Å²) in [5.41, 5.74) is 7.18. The van der Waals surface area contributed by atoms with E-state index in [1.807, 2.05) is 4.68 Å². The van der Waals surface area contributed by atoms with Gasteiger partial charge < -0.3 is 5.32 Å². The van der Waals surface area contributed by atoms with Crippen LogP contribution in [0.4, 0.5) is 5.13 Å². The normalized spacial score (nSPS) is 13.7. The van der Waals surface area contributed by atoms with E-state index in [1.54, 1.807) is 11.3 Å². The topological polar surface area (TPSA) is 60.6 Å². The van der Waals surface area contributed by atoms with Crippen LogP contribution < -0.4 is 5.32 Å². The Hall–Kier alpha value is -2.93. The summed E-state index contributed by atoms with van der Waals surface area (Å²) >= 11 is 1.67. The number of aryl methyl sites for hydroxylation is 3. The van der Waals surface area contributed by atoms with E-state index in [0.717, 1.165) is 53.0 Å². The Morgan fingerprint density at radius 1 is 1.07 bits per heavy atom. The maximum Gasteiger partial charge on any atom is 0.183 e. The molecule has 0 amide bonds. The average Bonchev–Trinajstić information content (AvgIpc) is 3.51. The second-order valence-corrected chi connectivity index (χ2v) is 8.89. The van der Waals surface area contributed by atoms with Crippen LogP contribution in [-0.4, -0.2) is 24.5 Å². The maximum absolute atomic E-state index is 4.91. The molecule has 1 aromatic carbocycles. The molecule has 0 spiro atoms. The van der Waals surface area contributed by atoms with Gasteiger partial charge in [-0.25, -0.2) is 4.98 Å². The zero-order chi connectivity index (χ0) is 20.7. The number of nitrogens with zero attached hydrogens (tertiary/aromatic N) is 5. The van der Waals surface area contributed by atoms with Gasteiger partial charge in [0.2, 0.25) is 0 Å². The van der Waals surface area contributed by atoms with Crippen molar-refractivity contribution in [3.05, 3.63) is 70.8 Å². The summed E-state index contributed by atoms with van der Waals surface area (Å²) in [6, 6.07) is 11.2. The Bertz CT molecular complexity index is 1160. The molecule has 1 aliphatic rings. The average molecular weight is 419 g/mol. The molecule has 0 saturated carbocycles. The Kier molecular flexibility index (Phi) is 4.90. The molecule has 0 saturated heterocycles. The zero-order valence-electron chi connectivity index (χ0n) is 17.6. The van der Waals surface area contributed by atoms with Gasteiger partial charge in [0.15, 0.2) is 5.13 Å². The van der Waals surface area contributed by atoms with Crippen LogP contribution in [0.1, 0.15) is 41.0 Å².